The average Bonchev–Trinajstić information content (AvgIpc) is 2.78. The molecule has 2 heterocycles. The number of benzene rings is 1. The zero-order valence-electron chi connectivity index (χ0n) is 11.3. The first-order valence-electron chi connectivity index (χ1n) is 6.73. The molecule has 1 fully saturated rings. The van der Waals surface area contributed by atoms with Crippen LogP contribution < -0.4 is 5.32 Å². The van der Waals surface area contributed by atoms with Gasteiger partial charge in [-0.05, 0) is 25.0 Å². The van der Waals surface area contributed by atoms with Crippen LogP contribution in [0.15, 0.2) is 22.6 Å². The van der Waals surface area contributed by atoms with E-state index in [4.69, 9.17) is 4.42 Å². The molecule has 1 saturated heterocycles. The molecule has 1 unspecified atom stereocenters. The molecular formula is C14H17N3O3. The van der Waals surface area contributed by atoms with Gasteiger partial charge >= 0.3 is 6.03 Å². The molecular weight excluding hydrogens is 258 g/mol. The number of amides is 2. The van der Waals surface area contributed by atoms with Crippen molar-refractivity contribution in [3.8, 4) is 0 Å². The molecule has 3 rings (SSSR count). The minimum atomic E-state index is -0.422. The molecule has 0 saturated carbocycles. The van der Waals surface area contributed by atoms with Crippen molar-refractivity contribution in [3.05, 3.63) is 24.1 Å². The van der Waals surface area contributed by atoms with Crippen LogP contribution in [0.3, 0.4) is 0 Å². The van der Waals surface area contributed by atoms with Crippen molar-refractivity contribution in [2.75, 3.05) is 18.4 Å². The number of likely N-dealkylation sites (tertiary alicyclic amines) is 1. The lowest BCUT2D eigenvalue weighted by atomic mass is 10.1. The molecule has 0 spiro atoms. The molecule has 2 aromatic rings. The van der Waals surface area contributed by atoms with E-state index in [-0.39, 0.29) is 6.03 Å². The predicted molar refractivity (Wildman–Crippen MR) is 74.6 cm³/mol. The number of carbonyl (C=O) groups is 1. The number of aryl methyl sites for hydroxylation is 1. The third kappa shape index (κ3) is 2.60. The zero-order chi connectivity index (χ0) is 14.1. The standard InChI is InChI=1S/C14H17N3O3/c1-9-15-12-5-4-10(7-13(12)20-9)16-14(19)17-6-2-3-11(18)8-17/h4-5,7,11,18H,2-3,6,8H2,1H3,(H,16,19). The van der Waals surface area contributed by atoms with Gasteiger partial charge in [0.05, 0.1) is 6.10 Å². The number of piperidine rings is 1. The fourth-order valence-electron chi connectivity index (χ4n) is 2.46. The van der Waals surface area contributed by atoms with Gasteiger partial charge in [-0.25, -0.2) is 9.78 Å². The number of oxazole rings is 1. The maximum atomic E-state index is 12.1. The molecule has 20 heavy (non-hydrogen) atoms. The Labute approximate surface area is 116 Å². The number of aromatic nitrogens is 1. The Balaban J connectivity index is 1.73. The number of anilines is 1. The lowest BCUT2D eigenvalue weighted by molar-refractivity contribution is 0.0883. The highest BCUT2D eigenvalue weighted by molar-refractivity contribution is 5.91. The topological polar surface area (TPSA) is 78.6 Å². The summed E-state index contributed by atoms with van der Waals surface area (Å²) < 4.78 is 5.44. The van der Waals surface area contributed by atoms with Crippen LogP contribution in [0, 0.1) is 6.92 Å². The van der Waals surface area contributed by atoms with E-state index in [0.717, 1.165) is 18.4 Å². The smallest absolute Gasteiger partial charge is 0.321 e. The number of urea groups is 1. The lowest BCUT2D eigenvalue weighted by Gasteiger charge is -2.30. The van der Waals surface area contributed by atoms with Crippen LogP contribution in [-0.4, -0.2) is 40.2 Å². The van der Waals surface area contributed by atoms with E-state index < -0.39 is 6.10 Å². The van der Waals surface area contributed by atoms with Gasteiger partial charge in [0.25, 0.3) is 0 Å². The number of fused-ring (bicyclic) bond motifs is 1. The van der Waals surface area contributed by atoms with Crippen LogP contribution in [0.5, 0.6) is 0 Å². The fraction of sp³-hybridized carbons (Fsp3) is 0.429. The number of carbonyl (C=O) groups excluding carboxylic acids is 1. The first kappa shape index (κ1) is 12.9. The van der Waals surface area contributed by atoms with Gasteiger partial charge < -0.3 is 19.7 Å². The molecule has 1 aromatic heterocycles. The Morgan fingerprint density at radius 2 is 2.40 bits per heavy atom. The van der Waals surface area contributed by atoms with Crippen LogP contribution in [0.2, 0.25) is 0 Å². The lowest BCUT2D eigenvalue weighted by Crippen LogP contribution is -2.44. The SMILES string of the molecule is Cc1nc2ccc(NC(=O)N3CCCC(O)C3)cc2o1. The van der Waals surface area contributed by atoms with Crippen molar-refractivity contribution >= 4 is 22.8 Å². The third-order valence-electron chi connectivity index (χ3n) is 3.43. The van der Waals surface area contributed by atoms with E-state index >= 15 is 0 Å². The summed E-state index contributed by atoms with van der Waals surface area (Å²) in [5, 5.41) is 12.4. The number of hydrogen-bond acceptors (Lipinski definition) is 4. The van der Waals surface area contributed by atoms with Gasteiger partial charge in [0.15, 0.2) is 11.5 Å². The van der Waals surface area contributed by atoms with E-state index in [2.05, 4.69) is 10.3 Å². The second-order valence-corrected chi connectivity index (χ2v) is 5.09. The van der Waals surface area contributed by atoms with Gasteiger partial charge in [0, 0.05) is 31.8 Å². The van der Waals surface area contributed by atoms with Crippen LogP contribution in [0.4, 0.5) is 10.5 Å². The minimum absolute atomic E-state index is 0.195. The van der Waals surface area contributed by atoms with Crippen molar-refractivity contribution in [2.24, 2.45) is 0 Å². The van der Waals surface area contributed by atoms with Gasteiger partial charge in [0.2, 0.25) is 0 Å². The molecule has 1 aliphatic heterocycles. The van der Waals surface area contributed by atoms with E-state index in [0.29, 0.717) is 30.3 Å². The molecule has 106 valence electrons. The van der Waals surface area contributed by atoms with E-state index in [1.165, 1.54) is 0 Å². The molecule has 2 amide bonds. The molecule has 0 bridgehead atoms. The summed E-state index contributed by atoms with van der Waals surface area (Å²) >= 11 is 0. The predicted octanol–water partition coefficient (Wildman–Crippen LogP) is 2.12. The van der Waals surface area contributed by atoms with E-state index in [1.54, 1.807) is 24.0 Å². The second kappa shape index (κ2) is 5.13. The van der Waals surface area contributed by atoms with Crippen LogP contribution in [0.1, 0.15) is 18.7 Å². The monoisotopic (exact) mass is 275 g/mol. The molecule has 1 atom stereocenters. The molecule has 0 aliphatic carbocycles. The molecule has 6 nitrogen and oxygen atoms in total. The van der Waals surface area contributed by atoms with Crippen molar-refractivity contribution in [1.82, 2.24) is 9.88 Å². The highest BCUT2D eigenvalue weighted by atomic mass is 16.3. The number of nitrogens with zero attached hydrogens (tertiary/aromatic N) is 2. The van der Waals surface area contributed by atoms with E-state index in [9.17, 15) is 9.90 Å². The molecule has 6 heteroatoms. The fourth-order valence-corrected chi connectivity index (χ4v) is 2.46. The maximum Gasteiger partial charge on any atom is 0.321 e. The second-order valence-electron chi connectivity index (χ2n) is 5.09. The number of rotatable bonds is 1. The number of aliphatic hydroxyl groups is 1. The normalized spacial score (nSPS) is 19.3. The highest BCUT2D eigenvalue weighted by Gasteiger charge is 2.22. The summed E-state index contributed by atoms with van der Waals surface area (Å²) in [6.45, 7) is 2.84. The number of β-amino-alcohol motifs (C(OH)–C–C–N with tert-alkyl or cyclic N) is 1. The minimum Gasteiger partial charge on any atom is -0.441 e. The largest absolute Gasteiger partial charge is 0.441 e. The number of nitrogens with one attached hydrogen (secondary N) is 1. The quantitative estimate of drug-likeness (QED) is 0.835. The first-order valence-corrected chi connectivity index (χ1v) is 6.73. The number of hydrogen-bond donors (Lipinski definition) is 2. The Morgan fingerprint density at radius 3 is 3.20 bits per heavy atom. The van der Waals surface area contributed by atoms with E-state index in [1.807, 2.05) is 6.07 Å². The summed E-state index contributed by atoms with van der Waals surface area (Å²) in [6.07, 6.45) is 1.16. The van der Waals surface area contributed by atoms with Gasteiger partial charge in [-0.3, -0.25) is 0 Å². The van der Waals surface area contributed by atoms with Crippen LogP contribution in [0.25, 0.3) is 11.1 Å². The summed E-state index contributed by atoms with van der Waals surface area (Å²) in [5.74, 6) is 0.600. The van der Waals surface area contributed by atoms with Crippen LogP contribution in [-0.2, 0) is 0 Å². The average molecular weight is 275 g/mol. The van der Waals surface area contributed by atoms with Gasteiger partial charge in [-0.1, -0.05) is 0 Å². The maximum absolute atomic E-state index is 12.1. The molecule has 0 radical (unpaired) electrons. The molecule has 1 aromatic carbocycles. The van der Waals surface area contributed by atoms with Crippen molar-refractivity contribution < 1.29 is 14.3 Å². The van der Waals surface area contributed by atoms with Crippen LogP contribution >= 0.6 is 0 Å². The van der Waals surface area contributed by atoms with Gasteiger partial charge in [-0.2, -0.15) is 0 Å². The van der Waals surface area contributed by atoms with Crippen molar-refractivity contribution in [1.29, 1.82) is 0 Å². The Hall–Kier alpha value is -2.08. The highest BCUT2D eigenvalue weighted by Crippen LogP contribution is 2.20. The Bertz CT molecular complexity index is 638. The summed E-state index contributed by atoms with van der Waals surface area (Å²) in [6, 6.07) is 5.17. The summed E-state index contributed by atoms with van der Waals surface area (Å²) in [5.41, 5.74) is 2.09. The van der Waals surface area contributed by atoms with Gasteiger partial charge in [0.1, 0.15) is 5.52 Å². The summed E-state index contributed by atoms with van der Waals surface area (Å²) in [7, 11) is 0. The summed E-state index contributed by atoms with van der Waals surface area (Å²) in [4.78, 5) is 18.0. The third-order valence-corrected chi connectivity index (χ3v) is 3.43. The molecule has 1 aliphatic rings. The zero-order valence-corrected chi connectivity index (χ0v) is 11.3. The first-order chi connectivity index (χ1) is 9.61. The van der Waals surface area contributed by atoms with Gasteiger partial charge in [-0.15, -0.1) is 0 Å². The van der Waals surface area contributed by atoms with Crippen molar-refractivity contribution in [3.63, 3.8) is 0 Å². The Kier molecular flexibility index (Phi) is 3.31. The molecule has 2 N–H and O–H groups in total. The Morgan fingerprint density at radius 1 is 1.55 bits per heavy atom. The van der Waals surface area contributed by atoms with Crippen molar-refractivity contribution in [2.45, 2.75) is 25.9 Å². The number of aliphatic hydroxyl groups excluding tert-OH is 1.